The summed E-state index contributed by atoms with van der Waals surface area (Å²) in [6.07, 6.45) is -1.30. The van der Waals surface area contributed by atoms with Crippen molar-refractivity contribution < 1.29 is 80.3 Å². The molecule has 2 aromatic carbocycles. The molecule has 0 radical (unpaired) electrons. The summed E-state index contributed by atoms with van der Waals surface area (Å²) in [5.74, 6) is 5.87. The van der Waals surface area contributed by atoms with Gasteiger partial charge in [-0.1, -0.05) is 18.1 Å². The van der Waals surface area contributed by atoms with E-state index in [1.165, 1.54) is 12.1 Å². The predicted molar refractivity (Wildman–Crippen MR) is 292 cm³/mol. The van der Waals surface area contributed by atoms with Crippen molar-refractivity contribution in [3.63, 3.8) is 0 Å². The second-order valence-electron chi connectivity index (χ2n) is 20.1. The summed E-state index contributed by atoms with van der Waals surface area (Å²) in [5, 5.41) is 25.5. The Morgan fingerprint density at radius 3 is 1.80 bits per heavy atom. The zero-order valence-electron chi connectivity index (χ0n) is 46.5. The molecule has 3 fully saturated rings. The summed E-state index contributed by atoms with van der Waals surface area (Å²) in [5.41, 5.74) is 2.38. The summed E-state index contributed by atoms with van der Waals surface area (Å²) < 4.78 is 100. The third-order valence-corrected chi connectivity index (χ3v) is 14.2. The Kier molecular flexibility index (Phi) is 26.3. The van der Waals surface area contributed by atoms with Crippen molar-refractivity contribution in [1.82, 2.24) is 24.5 Å². The maximum absolute atomic E-state index is 14.2. The number of carbonyl (C=O) groups excluding carboxylic acids is 2. The van der Waals surface area contributed by atoms with Gasteiger partial charge in [0.05, 0.1) is 143 Å². The predicted octanol–water partition coefficient (Wildman–Crippen LogP) is 4.08. The number of rotatable bonds is 36. The fraction of sp³-hybridized carbons (Fsp3) is 0.603. The van der Waals surface area contributed by atoms with Gasteiger partial charge in [0.15, 0.2) is 0 Å². The number of nitrogens with one attached hydrogen (secondary N) is 2. The molecular weight excluding hydrogens is 1060 g/mol. The number of hydrogen-bond acceptors (Lipinski definition) is 17. The third-order valence-electron chi connectivity index (χ3n) is 14.2. The SMILES string of the molecule is Cc1ccc(C(=O)Nc2ccc(CN3CCN(C)CC3)c(C(F)(F)F)c2)cc1C#Cc1cnc2cc(OCCOCCOCCOCCOCCOCCOCCOCCOCCOCCNC(=O)[C@H]3C[C@@H]4C[C@H]3[C@@H](O)[C@H]4O)ccn12. The smallest absolute Gasteiger partial charge is 0.416 e. The molecular formula is C58H79F3N6O14. The molecule has 2 saturated carbocycles. The quantitative estimate of drug-likeness (QED) is 0.0373. The Hall–Kier alpha value is -5.30. The van der Waals surface area contributed by atoms with Gasteiger partial charge in [-0.2, -0.15) is 13.2 Å². The number of amides is 2. The lowest BCUT2D eigenvalue weighted by atomic mass is 9.84. The first kappa shape index (κ1) is 63.3. The lowest BCUT2D eigenvalue weighted by Crippen LogP contribution is -2.44. The number of aliphatic hydroxyl groups is 2. The number of aromatic nitrogens is 2. The number of halogens is 3. The monoisotopic (exact) mass is 1140 g/mol. The maximum atomic E-state index is 14.2. The van der Waals surface area contributed by atoms with Crippen LogP contribution in [0.1, 0.15) is 51.1 Å². The van der Waals surface area contributed by atoms with E-state index in [1.54, 1.807) is 42.7 Å². The number of aryl methyl sites for hydroxylation is 1. The number of benzene rings is 2. The summed E-state index contributed by atoms with van der Waals surface area (Å²) >= 11 is 0. The number of fused-ring (bicyclic) bond motifs is 3. The van der Waals surface area contributed by atoms with E-state index >= 15 is 0 Å². The fourth-order valence-corrected chi connectivity index (χ4v) is 9.74. The number of pyridine rings is 1. The van der Waals surface area contributed by atoms with Gasteiger partial charge in [-0.15, -0.1) is 0 Å². The number of likely N-dealkylation sites (N-methyl/N-ethyl adjacent to an activating group) is 1. The Morgan fingerprint density at radius 1 is 0.679 bits per heavy atom. The first-order valence-electron chi connectivity index (χ1n) is 27.8. The van der Waals surface area contributed by atoms with E-state index in [9.17, 15) is 33.0 Å². The lowest BCUT2D eigenvalue weighted by molar-refractivity contribution is -0.138. The van der Waals surface area contributed by atoms with Crippen molar-refractivity contribution in [2.75, 3.05) is 171 Å². The molecule has 446 valence electrons. The number of carbonyl (C=O) groups is 2. The molecule has 1 saturated heterocycles. The first-order chi connectivity index (χ1) is 39.3. The van der Waals surface area contributed by atoms with Gasteiger partial charge in [0, 0.05) is 74.3 Å². The molecule has 3 aliphatic rings. The minimum atomic E-state index is -4.58. The van der Waals surface area contributed by atoms with Crippen LogP contribution >= 0.6 is 0 Å². The highest BCUT2D eigenvalue weighted by molar-refractivity contribution is 6.04. The standard InChI is InChI=1S/C58H79F3N6O14/c1-42-3-4-44(56(70)64-47-7-5-45(52(38-47)58(59,60)61)41-66-14-12-65(2)13-15-66)35-43(42)6-8-48-40-63-53-39-49(9-11-67(48)53)81-34-33-80-32-31-79-30-29-78-28-27-77-26-25-76-24-23-75-22-21-74-20-19-73-18-17-72-16-10-62-57(71)51-37-46-36-50(51)55(69)54(46)68/h3-5,7,9,11,35,38-40,46,50-51,54-55,68-69H,10,12-34,36-37,41H2,1-2H3,(H,62,71)(H,64,70)/t46-,50+,51-,54-,55+/m0/s1. The van der Waals surface area contributed by atoms with Crippen LogP contribution in [0.2, 0.25) is 0 Å². The zero-order valence-corrected chi connectivity index (χ0v) is 46.5. The summed E-state index contributed by atoms with van der Waals surface area (Å²) in [6, 6.07) is 12.6. The molecule has 4 aromatic rings. The summed E-state index contributed by atoms with van der Waals surface area (Å²) in [6.45, 7) is 13.4. The number of hydrogen-bond donors (Lipinski definition) is 4. The van der Waals surface area contributed by atoms with Crippen LogP contribution in [0.15, 0.2) is 60.9 Å². The average Bonchev–Trinajstić information content (AvgIpc) is 4.40. The molecule has 2 amide bonds. The van der Waals surface area contributed by atoms with E-state index in [-0.39, 0.29) is 47.0 Å². The van der Waals surface area contributed by atoms with Crippen LogP contribution in [0.4, 0.5) is 18.9 Å². The van der Waals surface area contributed by atoms with Crippen LogP contribution in [-0.4, -0.2) is 219 Å². The van der Waals surface area contributed by atoms with E-state index in [1.807, 2.05) is 23.3 Å². The Bertz CT molecular complexity index is 2610. The number of piperazine rings is 1. The van der Waals surface area contributed by atoms with Crippen molar-refractivity contribution in [2.24, 2.45) is 17.8 Å². The van der Waals surface area contributed by atoms with E-state index in [0.29, 0.717) is 181 Å². The van der Waals surface area contributed by atoms with Crippen LogP contribution in [0.25, 0.3) is 5.65 Å². The summed E-state index contributed by atoms with van der Waals surface area (Å²) in [7, 11) is 1.99. The zero-order chi connectivity index (χ0) is 57.2. The minimum Gasteiger partial charge on any atom is -0.491 e. The molecule has 4 N–H and O–H groups in total. The Morgan fingerprint density at radius 2 is 1.25 bits per heavy atom. The second kappa shape index (κ2) is 33.7. The van der Waals surface area contributed by atoms with Crippen molar-refractivity contribution in [3.8, 4) is 17.6 Å². The number of aliphatic hydroxyl groups excluding tert-OH is 2. The Labute approximate surface area is 471 Å². The van der Waals surface area contributed by atoms with Crippen molar-refractivity contribution in [3.05, 3.63) is 94.4 Å². The van der Waals surface area contributed by atoms with Gasteiger partial charge in [-0.3, -0.25) is 18.9 Å². The van der Waals surface area contributed by atoms with Gasteiger partial charge < -0.3 is 73.1 Å². The van der Waals surface area contributed by atoms with Crippen LogP contribution < -0.4 is 15.4 Å². The molecule has 3 heterocycles. The average molecular weight is 1140 g/mol. The molecule has 2 aromatic heterocycles. The number of nitrogens with zero attached hydrogens (tertiary/aromatic N) is 4. The van der Waals surface area contributed by atoms with E-state index in [4.69, 9.17) is 47.4 Å². The first-order valence-corrected chi connectivity index (χ1v) is 27.8. The highest BCUT2D eigenvalue weighted by atomic mass is 19.4. The molecule has 0 spiro atoms. The highest BCUT2D eigenvalue weighted by Crippen LogP contribution is 2.48. The minimum absolute atomic E-state index is 0.0175. The van der Waals surface area contributed by atoms with Crippen LogP contribution in [-0.2, 0) is 60.1 Å². The highest BCUT2D eigenvalue weighted by Gasteiger charge is 2.53. The number of imidazole rings is 1. The van der Waals surface area contributed by atoms with Crippen molar-refractivity contribution in [1.29, 1.82) is 0 Å². The Balaban J connectivity index is 0.632. The molecule has 2 aliphatic carbocycles. The van der Waals surface area contributed by atoms with Crippen molar-refractivity contribution >= 4 is 23.1 Å². The van der Waals surface area contributed by atoms with Gasteiger partial charge in [0.1, 0.15) is 23.7 Å². The topological polar surface area (TPSA) is 215 Å². The second-order valence-corrected chi connectivity index (χ2v) is 20.1. The molecule has 7 rings (SSSR count). The van der Waals surface area contributed by atoms with Gasteiger partial charge >= 0.3 is 6.18 Å². The molecule has 81 heavy (non-hydrogen) atoms. The molecule has 1 aliphatic heterocycles. The summed E-state index contributed by atoms with van der Waals surface area (Å²) in [4.78, 5) is 34.3. The van der Waals surface area contributed by atoms with Gasteiger partial charge in [0.25, 0.3) is 5.91 Å². The molecule has 23 heteroatoms. The largest absolute Gasteiger partial charge is 0.491 e. The van der Waals surface area contributed by atoms with E-state index in [0.717, 1.165) is 24.7 Å². The molecule has 5 atom stereocenters. The van der Waals surface area contributed by atoms with Crippen LogP contribution in [0.3, 0.4) is 0 Å². The molecule has 2 bridgehead atoms. The van der Waals surface area contributed by atoms with Crippen molar-refractivity contribution in [2.45, 2.75) is 44.7 Å². The number of ether oxygens (including phenoxy) is 10. The number of anilines is 1. The van der Waals surface area contributed by atoms with E-state index in [2.05, 4.69) is 32.4 Å². The third kappa shape index (κ3) is 20.8. The maximum Gasteiger partial charge on any atom is 0.416 e. The van der Waals surface area contributed by atoms with Crippen LogP contribution in [0.5, 0.6) is 5.75 Å². The van der Waals surface area contributed by atoms with E-state index < -0.39 is 29.9 Å². The van der Waals surface area contributed by atoms with Gasteiger partial charge in [0.2, 0.25) is 5.91 Å². The molecule has 20 nitrogen and oxygen atoms in total. The van der Waals surface area contributed by atoms with Gasteiger partial charge in [-0.05, 0) is 86.0 Å². The lowest BCUT2D eigenvalue weighted by Gasteiger charge is -2.33. The number of alkyl halides is 3. The molecule has 0 unspecified atom stereocenters. The normalized spacial score (nSPS) is 19.3. The van der Waals surface area contributed by atoms with Gasteiger partial charge in [-0.25, -0.2) is 4.98 Å². The van der Waals surface area contributed by atoms with Crippen LogP contribution in [0, 0.1) is 36.5 Å². The fourth-order valence-electron chi connectivity index (χ4n) is 9.74.